The molecule has 0 saturated carbocycles. The quantitative estimate of drug-likeness (QED) is 0.273. The number of unbranched alkanes of at least 4 members (excludes halogenated alkanes) is 9. The lowest BCUT2D eigenvalue weighted by Gasteiger charge is -2.00. The highest BCUT2D eigenvalue weighted by molar-refractivity contribution is 5.94. The molecule has 2 nitrogen and oxygen atoms in total. The lowest BCUT2D eigenvalue weighted by atomic mass is 10.1. The summed E-state index contributed by atoms with van der Waals surface area (Å²) in [6.45, 7) is 4.08. The number of carbonyl (C=O) groups excluding carboxylic acids is 1. The van der Waals surface area contributed by atoms with Crippen molar-refractivity contribution in [2.24, 2.45) is 5.73 Å². The smallest absolute Gasteiger partial charge is 0.248 e. The molecule has 0 atom stereocenters. The van der Waals surface area contributed by atoms with E-state index in [0.29, 0.717) is 5.57 Å². The number of amides is 1. The highest BCUT2D eigenvalue weighted by atomic mass is 16.1. The zero-order valence-corrected chi connectivity index (χ0v) is 13.9. The molecule has 0 radical (unpaired) electrons. The molecule has 2 heteroatoms. The number of hydrogen-bond acceptors (Lipinski definition) is 1. The van der Waals surface area contributed by atoms with Crippen molar-refractivity contribution in [3.05, 3.63) is 36.0 Å². The first-order valence-corrected chi connectivity index (χ1v) is 8.51. The fourth-order valence-electron chi connectivity index (χ4n) is 2.23. The van der Waals surface area contributed by atoms with Crippen molar-refractivity contribution < 1.29 is 4.79 Å². The average molecular weight is 291 g/mol. The maximum absolute atomic E-state index is 11.0. The van der Waals surface area contributed by atoms with E-state index < -0.39 is 0 Å². The Labute approximate surface area is 131 Å². The minimum atomic E-state index is -0.374. The molecule has 21 heavy (non-hydrogen) atoms. The summed E-state index contributed by atoms with van der Waals surface area (Å²) in [5.74, 6) is -0.374. The number of carbonyl (C=O) groups is 1. The molecule has 120 valence electrons. The monoisotopic (exact) mass is 291 g/mol. The van der Waals surface area contributed by atoms with Gasteiger partial charge in [-0.3, -0.25) is 4.79 Å². The van der Waals surface area contributed by atoms with Gasteiger partial charge in [-0.2, -0.15) is 0 Å². The molecular formula is C19H33NO. The van der Waals surface area contributed by atoms with Gasteiger partial charge in [0.25, 0.3) is 0 Å². The lowest BCUT2D eigenvalue weighted by Crippen LogP contribution is -2.11. The van der Waals surface area contributed by atoms with E-state index in [9.17, 15) is 4.79 Å². The predicted molar refractivity (Wildman–Crippen MR) is 93.1 cm³/mol. The standard InChI is InChI=1S/C19H33NO/c1-3-5-6-7-8-9-10-11-12-13-14-15-16-17-18(4-2)19(20)21/h4,14-17H,3,5-13H2,1-2H3,(H2,20,21). The Morgan fingerprint density at radius 3 is 2.00 bits per heavy atom. The van der Waals surface area contributed by atoms with Gasteiger partial charge in [-0.1, -0.05) is 82.6 Å². The maximum atomic E-state index is 11.0. The second-order valence-electron chi connectivity index (χ2n) is 5.51. The molecule has 0 aliphatic carbocycles. The number of nitrogens with two attached hydrogens (primary N) is 1. The molecule has 0 spiro atoms. The third-order valence-corrected chi connectivity index (χ3v) is 3.59. The Bertz CT molecular complexity index is 339. The number of rotatable bonds is 13. The zero-order valence-electron chi connectivity index (χ0n) is 13.9. The van der Waals surface area contributed by atoms with Crippen LogP contribution < -0.4 is 5.73 Å². The zero-order chi connectivity index (χ0) is 15.8. The average Bonchev–Trinajstić information content (AvgIpc) is 2.47. The van der Waals surface area contributed by atoms with Crippen molar-refractivity contribution >= 4 is 5.91 Å². The van der Waals surface area contributed by atoms with Gasteiger partial charge in [-0.25, -0.2) is 0 Å². The van der Waals surface area contributed by atoms with E-state index in [1.165, 1.54) is 57.8 Å². The first-order valence-electron chi connectivity index (χ1n) is 8.51. The van der Waals surface area contributed by atoms with E-state index in [1.54, 1.807) is 12.2 Å². The summed E-state index contributed by atoms with van der Waals surface area (Å²) in [5.41, 5.74) is 5.77. The fourth-order valence-corrected chi connectivity index (χ4v) is 2.23. The highest BCUT2D eigenvalue weighted by Gasteiger charge is 1.95. The van der Waals surface area contributed by atoms with Gasteiger partial charge >= 0.3 is 0 Å². The SMILES string of the molecule is CC=C(C=CC=CCCCCCCCCCCC)C(N)=O. The van der Waals surface area contributed by atoms with Crippen molar-refractivity contribution in [2.45, 2.75) is 78.1 Å². The molecular weight excluding hydrogens is 258 g/mol. The molecule has 1 amide bonds. The maximum Gasteiger partial charge on any atom is 0.248 e. The molecule has 0 heterocycles. The molecule has 2 N–H and O–H groups in total. The van der Waals surface area contributed by atoms with Gasteiger partial charge in [0.05, 0.1) is 0 Å². The van der Waals surface area contributed by atoms with Crippen molar-refractivity contribution in [3.8, 4) is 0 Å². The van der Waals surface area contributed by atoms with E-state index in [0.717, 1.165) is 6.42 Å². The molecule has 0 rings (SSSR count). The fraction of sp³-hybridized carbons (Fsp3) is 0.632. The summed E-state index contributed by atoms with van der Waals surface area (Å²) >= 11 is 0. The van der Waals surface area contributed by atoms with E-state index >= 15 is 0 Å². The van der Waals surface area contributed by atoms with Gasteiger partial charge in [0.15, 0.2) is 0 Å². The number of hydrogen-bond donors (Lipinski definition) is 1. The molecule has 0 saturated heterocycles. The molecule has 0 aromatic heterocycles. The summed E-state index contributed by atoms with van der Waals surface area (Å²) in [4.78, 5) is 11.0. The number of allylic oxidation sites excluding steroid dienone is 4. The first kappa shape index (κ1) is 19.7. The largest absolute Gasteiger partial charge is 0.366 e. The Morgan fingerprint density at radius 1 is 0.905 bits per heavy atom. The van der Waals surface area contributed by atoms with Crippen LogP contribution in [0.3, 0.4) is 0 Å². The highest BCUT2D eigenvalue weighted by Crippen LogP contribution is 2.10. The normalized spacial score (nSPS) is 12.6. The summed E-state index contributed by atoms with van der Waals surface area (Å²) in [5, 5.41) is 0. The third kappa shape index (κ3) is 13.4. The second-order valence-corrected chi connectivity index (χ2v) is 5.51. The van der Waals surface area contributed by atoms with Crippen molar-refractivity contribution in [3.63, 3.8) is 0 Å². The number of primary amides is 1. The Kier molecular flexibility index (Phi) is 14.1. The van der Waals surface area contributed by atoms with Crippen LogP contribution in [0.4, 0.5) is 0 Å². The topological polar surface area (TPSA) is 43.1 Å². The van der Waals surface area contributed by atoms with Gasteiger partial charge in [0.1, 0.15) is 0 Å². The van der Waals surface area contributed by atoms with Crippen molar-refractivity contribution in [1.29, 1.82) is 0 Å². The molecule has 0 fully saturated rings. The first-order chi connectivity index (χ1) is 10.2. The second kappa shape index (κ2) is 15.1. The van der Waals surface area contributed by atoms with E-state index in [4.69, 9.17) is 5.73 Å². The van der Waals surface area contributed by atoms with E-state index in [1.807, 2.05) is 19.1 Å². The Hall–Kier alpha value is -1.31. The Morgan fingerprint density at radius 2 is 1.48 bits per heavy atom. The Balaban J connectivity index is 3.44. The predicted octanol–water partition coefficient (Wildman–Crippen LogP) is 5.45. The van der Waals surface area contributed by atoms with Crippen LogP contribution in [0.5, 0.6) is 0 Å². The minimum Gasteiger partial charge on any atom is -0.366 e. The van der Waals surface area contributed by atoms with Crippen LogP contribution in [0.2, 0.25) is 0 Å². The van der Waals surface area contributed by atoms with Crippen LogP contribution in [-0.2, 0) is 4.79 Å². The molecule has 0 bridgehead atoms. The van der Waals surface area contributed by atoms with E-state index in [2.05, 4.69) is 13.0 Å². The molecule has 0 aliphatic rings. The van der Waals surface area contributed by atoms with Gasteiger partial charge in [0.2, 0.25) is 5.91 Å². The molecule has 0 unspecified atom stereocenters. The van der Waals surface area contributed by atoms with Crippen LogP contribution in [0.1, 0.15) is 78.1 Å². The molecule has 0 aromatic rings. The van der Waals surface area contributed by atoms with Crippen LogP contribution in [0.25, 0.3) is 0 Å². The summed E-state index contributed by atoms with van der Waals surface area (Å²) in [6, 6.07) is 0. The van der Waals surface area contributed by atoms with Crippen LogP contribution in [0.15, 0.2) is 36.0 Å². The van der Waals surface area contributed by atoms with Crippen molar-refractivity contribution in [2.75, 3.05) is 0 Å². The van der Waals surface area contributed by atoms with Crippen molar-refractivity contribution in [1.82, 2.24) is 0 Å². The summed E-state index contributed by atoms with van der Waals surface area (Å²) in [7, 11) is 0. The summed E-state index contributed by atoms with van der Waals surface area (Å²) in [6.07, 6.45) is 22.9. The molecule has 0 aromatic carbocycles. The third-order valence-electron chi connectivity index (χ3n) is 3.59. The van der Waals surface area contributed by atoms with Crippen LogP contribution in [0, 0.1) is 0 Å². The minimum absolute atomic E-state index is 0.374. The van der Waals surface area contributed by atoms with Crippen LogP contribution in [-0.4, -0.2) is 5.91 Å². The van der Waals surface area contributed by atoms with Gasteiger partial charge < -0.3 is 5.73 Å². The van der Waals surface area contributed by atoms with Gasteiger partial charge in [-0.15, -0.1) is 0 Å². The molecule has 0 aliphatic heterocycles. The van der Waals surface area contributed by atoms with Gasteiger partial charge in [0, 0.05) is 5.57 Å². The lowest BCUT2D eigenvalue weighted by molar-refractivity contribution is -0.114. The van der Waals surface area contributed by atoms with Crippen LogP contribution >= 0.6 is 0 Å². The van der Waals surface area contributed by atoms with Gasteiger partial charge in [-0.05, 0) is 25.8 Å². The van der Waals surface area contributed by atoms with E-state index in [-0.39, 0.29) is 5.91 Å². The summed E-state index contributed by atoms with van der Waals surface area (Å²) < 4.78 is 0.